The van der Waals surface area contributed by atoms with Gasteiger partial charge < -0.3 is 4.74 Å². The molecule has 0 N–H and O–H groups in total. The molecular formula is C12H17NO3. The number of nitro benzene ring substituents is 1. The first kappa shape index (κ1) is 12.5. The second-order valence-corrected chi connectivity index (χ2v) is 3.71. The van der Waals surface area contributed by atoms with Crippen molar-refractivity contribution in [3.05, 3.63) is 33.9 Å². The summed E-state index contributed by atoms with van der Waals surface area (Å²) in [7, 11) is 0. The van der Waals surface area contributed by atoms with Crippen molar-refractivity contribution in [2.24, 2.45) is 0 Å². The lowest BCUT2D eigenvalue weighted by molar-refractivity contribution is -0.385. The molecule has 16 heavy (non-hydrogen) atoms. The Labute approximate surface area is 95.4 Å². The van der Waals surface area contributed by atoms with E-state index in [0.717, 1.165) is 19.3 Å². The van der Waals surface area contributed by atoms with Crippen LogP contribution in [0.1, 0.15) is 31.7 Å². The maximum atomic E-state index is 10.7. The molecule has 0 atom stereocenters. The minimum absolute atomic E-state index is 0.119. The smallest absolute Gasteiger partial charge is 0.276 e. The summed E-state index contributed by atoms with van der Waals surface area (Å²) in [6.07, 6.45) is 3.24. The van der Waals surface area contributed by atoms with Crippen molar-refractivity contribution in [1.29, 1.82) is 0 Å². The van der Waals surface area contributed by atoms with Gasteiger partial charge in [-0.25, -0.2) is 0 Å². The number of rotatable bonds is 6. The van der Waals surface area contributed by atoms with Gasteiger partial charge in [-0.15, -0.1) is 0 Å². The number of benzene rings is 1. The third-order valence-electron chi connectivity index (χ3n) is 2.46. The van der Waals surface area contributed by atoms with Crippen LogP contribution in [-0.2, 0) is 0 Å². The number of hydrogen-bond acceptors (Lipinski definition) is 3. The van der Waals surface area contributed by atoms with Crippen molar-refractivity contribution in [2.75, 3.05) is 6.61 Å². The van der Waals surface area contributed by atoms with Crippen LogP contribution in [-0.4, -0.2) is 11.5 Å². The first-order chi connectivity index (χ1) is 7.66. The molecule has 0 heterocycles. The standard InChI is InChI=1S/C12H17NO3/c1-3-4-5-9-16-12-8-6-7-11(10(12)2)13(14)15/h6-8H,3-5,9H2,1-2H3. The number of hydrogen-bond donors (Lipinski definition) is 0. The van der Waals surface area contributed by atoms with E-state index in [1.807, 2.05) is 0 Å². The van der Waals surface area contributed by atoms with Gasteiger partial charge in [0.25, 0.3) is 5.69 Å². The van der Waals surface area contributed by atoms with Crippen LogP contribution in [0, 0.1) is 17.0 Å². The summed E-state index contributed by atoms with van der Waals surface area (Å²) >= 11 is 0. The maximum Gasteiger partial charge on any atom is 0.276 e. The second kappa shape index (κ2) is 6.10. The molecule has 0 aliphatic carbocycles. The highest BCUT2D eigenvalue weighted by Gasteiger charge is 2.13. The summed E-state index contributed by atoms with van der Waals surface area (Å²) in [5.41, 5.74) is 0.719. The van der Waals surface area contributed by atoms with Crippen LogP contribution in [0.2, 0.25) is 0 Å². The first-order valence-corrected chi connectivity index (χ1v) is 5.53. The number of nitrogens with zero attached hydrogens (tertiary/aromatic N) is 1. The molecule has 0 bridgehead atoms. The third kappa shape index (κ3) is 3.22. The Hall–Kier alpha value is -1.58. The van der Waals surface area contributed by atoms with E-state index in [1.54, 1.807) is 19.1 Å². The largest absolute Gasteiger partial charge is 0.493 e. The van der Waals surface area contributed by atoms with Crippen LogP contribution < -0.4 is 4.74 Å². The zero-order valence-electron chi connectivity index (χ0n) is 9.73. The molecule has 4 heteroatoms. The Morgan fingerprint density at radius 3 is 2.75 bits per heavy atom. The van der Waals surface area contributed by atoms with Crippen LogP contribution in [0.15, 0.2) is 18.2 Å². The quantitative estimate of drug-likeness (QED) is 0.421. The van der Waals surface area contributed by atoms with Gasteiger partial charge in [-0.3, -0.25) is 10.1 Å². The molecule has 0 aromatic heterocycles. The van der Waals surface area contributed by atoms with Gasteiger partial charge in [0.1, 0.15) is 5.75 Å². The van der Waals surface area contributed by atoms with Crippen molar-refractivity contribution >= 4 is 5.69 Å². The summed E-state index contributed by atoms with van der Waals surface area (Å²) in [6.45, 7) is 4.46. The molecule has 0 fully saturated rings. The van der Waals surface area contributed by atoms with Gasteiger partial charge in [0.2, 0.25) is 0 Å². The number of nitro groups is 1. The third-order valence-corrected chi connectivity index (χ3v) is 2.46. The van der Waals surface area contributed by atoms with Gasteiger partial charge in [-0.1, -0.05) is 25.8 Å². The average molecular weight is 223 g/mol. The fourth-order valence-corrected chi connectivity index (χ4v) is 1.49. The van der Waals surface area contributed by atoms with Crippen molar-refractivity contribution in [3.63, 3.8) is 0 Å². The van der Waals surface area contributed by atoms with Gasteiger partial charge >= 0.3 is 0 Å². The lowest BCUT2D eigenvalue weighted by Crippen LogP contribution is -2.00. The normalized spacial score (nSPS) is 10.1. The van der Waals surface area contributed by atoms with Gasteiger partial charge in [0, 0.05) is 6.07 Å². The van der Waals surface area contributed by atoms with Crippen LogP contribution in [0.5, 0.6) is 5.75 Å². The molecule has 0 amide bonds. The van der Waals surface area contributed by atoms with Crippen molar-refractivity contribution < 1.29 is 9.66 Å². The van der Waals surface area contributed by atoms with E-state index < -0.39 is 0 Å². The van der Waals surface area contributed by atoms with E-state index in [9.17, 15) is 10.1 Å². The molecule has 4 nitrogen and oxygen atoms in total. The highest BCUT2D eigenvalue weighted by atomic mass is 16.6. The van der Waals surface area contributed by atoms with Crippen molar-refractivity contribution in [2.45, 2.75) is 33.1 Å². The predicted molar refractivity (Wildman–Crippen MR) is 62.9 cm³/mol. The Balaban J connectivity index is 2.66. The molecule has 0 spiro atoms. The van der Waals surface area contributed by atoms with Crippen LogP contribution in [0.25, 0.3) is 0 Å². The zero-order valence-corrected chi connectivity index (χ0v) is 9.73. The molecule has 88 valence electrons. The minimum Gasteiger partial charge on any atom is -0.493 e. The fourth-order valence-electron chi connectivity index (χ4n) is 1.49. The Kier molecular flexibility index (Phi) is 4.76. The maximum absolute atomic E-state index is 10.7. The molecule has 0 aliphatic heterocycles. The van der Waals surface area contributed by atoms with Gasteiger partial charge in [0.15, 0.2) is 0 Å². The van der Waals surface area contributed by atoms with Crippen molar-refractivity contribution in [1.82, 2.24) is 0 Å². The van der Waals surface area contributed by atoms with E-state index >= 15 is 0 Å². The highest BCUT2D eigenvalue weighted by molar-refractivity contribution is 5.48. The summed E-state index contributed by atoms with van der Waals surface area (Å²) in [5, 5.41) is 10.7. The summed E-state index contributed by atoms with van der Waals surface area (Å²) < 4.78 is 5.53. The van der Waals surface area contributed by atoms with E-state index in [0.29, 0.717) is 17.9 Å². The van der Waals surface area contributed by atoms with Gasteiger partial charge in [0.05, 0.1) is 17.1 Å². The molecule has 1 aromatic rings. The van der Waals surface area contributed by atoms with Gasteiger partial charge in [-0.05, 0) is 19.4 Å². The highest BCUT2D eigenvalue weighted by Crippen LogP contribution is 2.27. The van der Waals surface area contributed by atoms with E-state index in [-0.39, 0.29) is 10.6 Å². The predicted octanol–water partition coefficient (Wildman–Crippen LogP) is 3.47. The Bertz CT molecular complexity index is 363. The molecule has 0 saturated carbocycles. The molecule has 0 aliphatic rings. The van der Waals surface area contributed by atoms with E-state index in [1.165, 1.54) is 6.07 Å². The van der Waals surface area contributed by atoms with Crippen LogP contribution in [0.4, 0.5) is 5.69 Å². The SMILES string of the molecule is CCCCCOc1cccc([N+](=O)[O-])c1C. The summed E-state index contributed by atoms with van der Waals surface area (Å²) in [4.78, 5) is 10.3. The molecule has 1 rings (SSSR count). The topological polar surface area (TPSA) is 52.4 Å². The van der Waals surface area contributed by atoms with E-state index in [2.05, 4.69) is 6.92 Å². The summed E-state index contributed by atoms with van der Waals surface area (Å²) in [6, 6.07) is 4.92. The van der Waals surface area contributed by atoms with Crippen LogP contribution in [0.3, 0.4) is 0 Å². The molecule has 0 saturated heterocycles. The van der Waals surface area contributed by atoms with E-state index in [4.69, 9.17) is 4.74 Å². The second-order valence-electron chi connectivity index (χ2n) is 3.71. The van der Waals surface area contributed by atoms with Crippen molar-refractivity contribution in [3.8, 4) is 5.75 Å². The van der Waals surface area contributed by atoms with Crippen LogP contribution >= 0.6 is 0 Å². The number of unbranched alkanes of at least 4 members (excludes halogenated alkanes) is 2. The Morgan fingerprint density at radius 2 is 2.12 bits per heavy atom. The number of ether oxygens (including phenoxy) is 1. The average Bonchev–Trinajstić information content (AvgIpc) is 2.26. The lowest BCUT2D eigenvalue weighted by atomic mass is 10.2. The first-order valence-electron chi connectivity index (χ1n) is 5.53. The molecule has 1 aromatic carbocycles. The minimum atomic E-state index is -0.381. The molecular weight excluding hydrogens is 206 g/mol. The lowest BCUT2D eigenvalue weighted by Gasteiger charge is -2.08. The summed E-state index contributed by atoms with van der Waals surface area (Å²) in [5.74, 6) is 0.616. The van der Waals surface area contributed by atoms with Gasteiger partial charge in [-0.2, -0.15) is 0 Å². The monoisotopic (exact) mass is 223 g/mol. The zero-order chi connectivity index (χ0) is 12.0. The molecule has 0 radical (unpaired) electrons. The molecule has 0 unspecified atom stereocenters. The Morgan fingerprint density at radius 1 is 1.38 bits per heavy atom. The fraction of sp³-hybridized carbons (Fsp3) is 0.500.